The fourth-order valence-corrected chi connectivity index (χ4v) is 1.60. The zero-order valence-corrected chi connectivity index (χ0v) is 13.5. The first kappa shape index (κ1) is 18.7. The van der Waals surface area contributed by atoms with Crippen LogP contribution in [-0.2, 0) is 14.3 Å². The Hall–Kier alpha value is -1.26. The van der Waals surface area contributed by atoms with Crippen LogP contribution in [0.4, 0.5) is 4.79 Å². The highest BCUT2D eigenvalue weighted by molar-refractivity contribution is 5.81. The average molecular weight is 287 g/mol. The van der Waals surface area contributed by atoms with Gasteiger partial charge in [0.1, 0.15) is 6.04 Å². The molecule has 0 aromatic carbocycles. The minimum absolute atomic E-state index is 0.139. The minimum Gasteiger partial charge on any atom is -0.467 e. The molecule has 0 bridgehead atoms. The number of amides is 1. The lowest BCUT2D eigenvalue weighted by Gasteiger charge is -2.25. The number of methoxy groups -OCH3 is 1. The van der Waals surface area contributed by atoms with Crippen molar-refractivity contribution in [2.24, 2.45) is 5.41 Å². The van der Waals surface area contributed by atoms with Gasteiger partial charge in [-0.15, -0.1) is 0 Å². The Labute approximate surface area is 122 Å². The Morgan fingerprint density at radius 1 is 1.25 bits per heavy atom. The van der Waals surface area contributed by atoms with Crippen LogP contribution in [0.5, 0.6) is 0 Å². The second-order valence-corrected chi connectivity index (χ2v) is 5.77. The Morgan fingerprint density at radius 3 is 2.40 bits per heavy atom. The van der Waals surface area contributed by atoms with Gasteiger partial charge in [-0.2, -0.15) is 0 Å². The highest BCUT2D eigenvalue weighted by atomic mass is 16.6. The van der Waals surface area contributed by atoms with Crippen molar-refractivity contribution < 1.29 is 19.1 Å². The molecule has 0 saturated carbocycles. The molecule has 5 nitrogen and oxygen atoms in total. The molecule has 0 rings (SSSR count). The van der Waals surface area contributed by atoms with E-state index in [-0.39, 0.29) is 5.41 Å². The number of unbranched alkanes of at least 4 members (excludes halogenated alkanes) is 1. The molecule has 0 radical (unpaired) electrons. The van der Waals surface area contributed by atoms with Gasteiger partial charge in [-0.25, -0.2) is 9.59 Å². The maximum Gasteiger partial charge on any atom is 0.407 e. The maximum absolute atomic E-state index is 11.7. The number of esters is 1. The number of carbonyl (C=O) groups is 2. The van der Waals surface area contributed by atoms with Crippen LogP contribution in [0.25, 0.3) is 0 Å². The number of ether oxygens (including phenoxy) is 2. The second kappa shape index (κ2) is 9.61. The Bertz CT molecular complexity index is 302. The van der Waals surface area contributed by atoms with Gasteiger partial charge in [0, 0.05) is 0 Å². The summed E-state index contributed by atoms with van der Waals surface area (Å²) >= 11 is 0. The Kier molecular flexibility index (Phi) is 9.01. The monoisotopic (exact) mass is 287 g/mol. The Balaban J connectivity index is 4.35. The molecule has 0 spiro atoms. The van der Waals surface area contributed by atoms with Crippen LogP contribution in [0.1, 0.15) is 59.8 Å². The maximum atomic E-state index is 11.7. The number of nitrogens with one attached hydrogen (secondary N) is 1. The molecule has 118 valence electrons. The molecule has 5 heteroatoms. The average Bonchev–Trinajstić information content (AvgIpc) is 2.42. The summed E-state index contributed by atoms with van der Waals surface area (Å²) in [6, 6.07) is -0.639. The molecule has 1 N–H and O–H groups in total. The van der Waals surface area contributed by atoms with Gasteiger partial charge in [0.25, 0.3) is 0 Å². The molecule has 1 atom stereocenters. The largest absolute Gasteiger partial charge is 0.467 e. The molecule has 0 unspecified atom stereocenters. The summed E-state index contributed by atoms with van der Waals surface area (Å²) in [4.78, 5) is 23.3. The summed E-state index contributed by atoms with van der Waals surface area (Å²) in [7, 11) is 1.32. The van der Waals surface area contributed by atoms with E-state index in [9.17, 15) is 9.59 Å². The summed E-state index contributed by atoms with van der Waals surface area (Å²) in [5.74, 6) is -0.427. The summed E-state index contributed by atoms with van der Waals surface area (Å²) in [6.07, 6.45) is 3.62. The first-order valence-electron chi connectivity index (χ1n) is 7.37. The van der Waals surface area contributed by atoms with Gasteiger partial charge in [-0.05, 0) is 24.7 Å². The SMILES string of the molecule is CCCCOC(=O)N[C@@H](CCC(C)(C)CC)C(=O)OC. The van der Waals surface area contributed by atoms with E-state index in [1.54, 1.807) is 0 Å². The van der Waals surface area contributed by atoms with Crippen LogP contribution in [0.15, 0.2) is 0 Å². The molecule has 0 heterocycles. The second-order valence-electron chi connectivity index (χ2n) is 5.77. The van der Waals surface area contributed by atoms with Gasteiger partial charge < -0.3 is 14.8 Å². The lowest BCUT2D eigenvalue weighted by molar-refractivity contribution is -0.143. The molecule has 20 heavy (non-hydrogen) atoms. The molecule has 0 aliphatic heterocycles. The van der Waals surface area contributed by atoms with Crippen LogP contribution in [-0.4, -0.2) is 31.8 Å². The molecule has 0 aromatic heterocycles. The van der Waals surface area contributed by atoms with Crippen LogP contribution in [0.3, 0.4) is 0 Å². The topological polar surface area (TPSA) is 64.6 Å². The highest BCUT2D eigenvalue weighted by Crippen LogP contribution is 2.26. The van der Waals surface area contributed by atoms with Crippen LogP contribution in [0, 0.1) is 5.41 Å². The standard InChI is InChI=1S/C15H29NO4/c1-6-8-11-20-14(18)16-12(13(17)19-5)9-10-15(3,4)7-2/h12H,6-11H2,1-5H3,(H,16,18)/t12-/m0/s1. The Morgan fingerprint density at radius 2 is 1.90 bits per heavy atom. The van der Waals surface area contributed by atoms with Gasteiger partial charge >= 0.3 is 12.1 Å². The zero-order chi connectivity index (χ0) is 15.6. The number of carbonyl (C=O) groups excluding carboxylic acids is 2. The predicted molar refractivity (Wildman–Crippen MR) is 78.5 cm³/mol. The van der Waals surface area contributed by atoms with E-state index < -0.39 is 18.1 Å². The third-order valence-corrected chi connectivity index (χ3v) is 3.58. The fraction of sp³-hybridized carbons (Fsp3) is 0.867. The van der Waals surface area contributed by atoms with Crippen LogP contribution < -0.4 is 5.32 Å². The van der Waals surface area contributed by atoms with Gasteiger partial charge in [-0.1, -0.05) is 40.5 Å². The number of hydrogen-bond acceptors (Lipinski definition) is 4. The van der Waals surface area contributed by atoms with E-state index in [2.05, 4.69) is 26.1 Å². The third-order valence-electron chi connectivity index (χ3n) is 3.58. The molecule has 0 aliphatic rings. The van der Waals surface area contributed by atoms with Crippen LogP contribution >= 0.6 is 0 Å². The highest BCUT2D eigenvalue weighted by Gasteiger charge is 2.25. The van der Waals surface area contributed by atoms with Crippen molar-refractivity contribution >= 4 is 12.1 Å². The zero-order valence-electron chi connectivity index (χ0n) is 13.5. The molecule has 0 saturated heterocycles. The molecule has 0 fully saturated rings. The number of hydrogen-bond donors (Lipinski definition) is 1. The van der Waals surface area contributed by atoms with E-state index in [1.165, 1.54) is 7.11 Å². The van der Waals surface area contributed by atoms with Crippen molar-refractivity contribution in [3.63, 3.8) is 0 Å². The quantitative estimate of drug-likeness (QED) is 0.522. The van der Waals surface area contributed by atoms with Crippen molar-refractivity contribution in [1.82, 2.24) is 5.32 Å². The minimum atomic E-state index is -0.639. The fourth-order valence-electron chi connectivity index (χ4n) is 1.60. The normalized spacial score (nSPS) is 12.7. The summed E-state index contributed by atoms with van der Waals surface area (Å²) in [5.41, 5.74) is 0.139. The van der Waals surface area contributed by atoms with Crippen molar-refractivity contribution in [2.45, 2.75) is 65.8 Å². The van der Waals surface area contributed by atoms with Crippen molar-refractivity contribution in [2.75, 3.05) is 13.7 Å². The third kappa shape index (κ3) is 8.02. The van der Waals surface area contributed by atoms with Gasteiger partial charge in [0.2, 0.25) is 0 Å². The lowest BCUT2D eigenvalue weighted by atomic mass is 9.84. The number of rotatable bonds is 9. The number of alkyl carbamates (subject to hydrolysis) is 1. The van der Waals surface area contributed by atoms with E-state index in [0.717, 1.165) is 25.7 Å². The van der Waals surface area contributed by atoms with Gasteiger partial charge in [0.15, 0.2) is 0 Å². The van der Waals surface area contributed by atoms with E-state index >= 15 is 0 Å². The van der Waals surface area contributed by atoms with E-state index in [0.29, 0.717) is 13.0 Å². The molecular formula is C15H29NO4. The van der Waals surface area contributed by atoms with Gasteiger partial charge in [0.05, 0.1) is 13.7 Å². The molecule has 0 aromatic rings. The van der Waals surface area contributed by atoms with Gasteiger partial charge in [-0.3, -0.25) is 0 Å². The van der Waals surface area contributed by atoms with Crippen molar-refractivity contribution in [3.8, 4) is 0 Å². The van der Waals surface area contributed by atoms with Crippen molar-refractivity contribution in [3.05, 3.63) is 0 Å². The molecular weight excluding hydrogens is 258 g/mol. The lowest BCUT2D eigenvalue weighted by Crippen LogP contribution is -2.42. The van der Waals surface area contributed by atoms with Crippen molar-refractivity contribution in [1.29, 1.82) is 0 Å². The smallest absolute Gasteiger partial charge is 0.407 e. The first-order chi connectivity index (χ1) is 9.36. The summed E-state index contributed by atoms with van der Waals surface area (Å²) in [6.45, 7) is 8.78. The first-order valence-corrected chi connectivity index (χ1v) is 7.37. The predicted octanol–water partition coefficient (Wildman–Crippen LogP) is 3.27. The molecule has 1 amide bonds. The van der Waals surface area contributed by atoms with Crippen LogP contribution in [0.2, 0.25) is 0 Å². The van der Waals surface area contributed by atoms with E-state index in [4.69, 9.17) is 9.47 Å². The summed E-state index contributed by atoms with van der Waals surface area (Å²) in [5, 5.41) is 2.59. The summed E-state index contributed by atoms with van der Waals surface area (Å²) < 4.78 is 9.74. The van der Waals surface area contributed by atoms with E-state index in [1.807, 2.05) is 6.92 Å². The molecule has 0 aliphatic carbocycles.